The lowest BCUT2D eigenvalue weighted by molar-refractivity contribution is 0.180. The number of rotatable bonds is 3. The monoisotopic (exact) mass is 213 g/mol. The molecule has 1 rings (SSSR count). The Morgan fingerprint density at radius 3 is 2.71 bits per heavy atom. The molecule has 0 amide bonds. The van der Waals surface area contributed by atoms with Crippen LogP contribution in [0.4, 0.5) is 0 Å². The van der Waals surface area contributed by atoms with Gasteiger partial charge in [0, 0.05) is 13.2 Å². The fourth-order valence-electron chi connectivity index (χ4n) is 1.15. The number of hydrogen-bond donors (Lipinski definition) is 0. The lowest BCUT2D eigenvalue weighted by atomic mass is 10.3. The predicted octanol–water partition coefficient (Wildman–Crippen LogP) is 2.14. The van der Waals surface area contributed by atoms with Crippen molar-refractivity contribution in [2.24, 2.45) is 0 Å². The normalized spacial score (nSPS) is 10.6. The smallest absolute Gasteiger partial charge is 0.145 e. The van der Waals surface area contributed by atoms with E-state index in [9.17, 15) is 0 Å². The van der Waals surface area contributed by atoms with Gasteiger partial charge in [-0.05, 0) is 13.8 Å². The summed E-state index contributed by atoms with van der Waals surface area (Å²) in [5.74, 6) is 0. The molecule has 0 spiro atoms. The standard InChI is InChI=1S/C9H12ClN3O/c1-6(2)13-9(10)7(4-11)8(12-13)5-14-3/h6H,5H2,1-3H3. The zero-order valence-electron chi connectivity index (χ0n) is 8.41. The van der Waals surface area contributed by atoms with Gasteiger partial charge in [0.25, 0.3) is 0 Å². The van der Waals surface area contributed by atoms with E-state index in [1.54, 1.807) is 11.8 Å². The minimum absolute atomic E-state index is 0.139. The Morgan fingerprint density at radius 2 is 2.29 bits per heavy atom. The molecule has 0 N–H and O–H groups in total. The maximum atomic E-state index is 8.88. The van der Waals surface area contributed by atoms with Crippen molar-refractivity contribution >= 4 is 11.6 Å². The van der Waals surface area contributed by atoms with Crippen molar-refractivity contribution in [2.75, 3.05) is 7.11 Å². The molecule has 5 heteroatoms. The third-order valence-corrected chi connectivity index (χ3v) is 2.17. The molecule has 4 nitrogen and oxygen atoms in total. The van der Waals surface area contributed by atoms with Crippen LogP contribution in [0.5, 0.6) is 0 Å². The Balaban J connectivity index is 3.19. The van der Waals surface area contributed by atoms with Crippen molar-refractivity contribution in [1.29, 1.82) is 5.26 Å². The Kier molecular flexibility index (Phi) is 3.50. The van der Waals surface area contributed by atoms with E-state index in [4.69, 9.17) is 21.6 Å². The van der Waals surface area contributed by atoms with Gasteiger partial charge in [0.05, 0.1) is 6.61 Å². The second-order valence-electron chi connectivity index (χ2n) is 3.20. The number of methoxy groups -OCH3 is 1. The quantitative estimate of drug-likeness (QED) is 0.773. The zero-order valence-corrected chi connectivity index (χ0v) is 9.17. The maximum absolute atomic E-state index is 8.88. The van der Waals surface area contributed by atoms with Crippen LogP contribution >= 0.6 is 11.6 Å². The number of halogens is 1. The lowest BCUT2D eigenvalue weighted by Crippen LogP contribution is -2.03. The van der Waals surface area contributed by atoms with Crippen LogP contribution in [0.3, 0.4) is 0 Å². The van der Waals surface area contributed by atoms with Gasteiger partial charge in [-0.15, -0.1) is 0 Å². The summed E-state index contributed by atoms with van der Waals surface area (Å²) in [5, 5.41) is 13.5. The molecule has 0 bridgehead atoms. The summed E-state index contributed by atoms with van der Waals surface area (Å²) in [6.07, 6.45) is 0. The van der Waals surface area contributed by atoms with Crippen LogP contribution in [-0.4, -0.2) is 16.9 Å². The molecule has 0 aliphatic heterocycles. The molecule has 0 saturated carbocycles. The van der Waals surface area contributed by atoms with Crippen LogP contribution in [0.1, 0.15) is 31.1 Å². The van der Waals surface area contributed by atoms with Gasteiger partial charge in [0.1, 0.15) is 22.5 Å². The van der Waals surface area contributed by atoms with E-state index in [0.717, 1.165) is 0 Å². The van der Waals surface area contributed by atoms with Gasteiger partial charge < -0.3 is 4.74 Å². The number of nitrogens with zero attached hydrogens (tertiary/aromatic N) is 3. The van der Waals surface area contributed by atoms with Crippen LogP contribution in [0, 0.1) is 11.3 Å². The summed E-state index contributed by atoms with van der Waals surface area (Å²) in [4.78, 5) is 0. The summed E-state index contributed by atoms with van der Waals surface area (Å²) >= 11 is 5.98. The first kappa shape index (κ1) is 11.0. The number of nitriles is 1. The molecule has 1 aromatic rings. The van der Waals surface area contributed by atoms with Gasteiger partial charge in [-0.3, -0.25) is 0 Å². The number of hydrogen-bond acceptors (Lipinski definition) is 3. The van der Waals surface area contributed by atoms with E-state index in [-0.39, 0.29) is 6.04 Å². The highest BCUT2D eigenvalue weighted by molar-refractivity contribution is 6.30. The summed E-state index contributed by atoms with van der Waals surface area (Å²) < 4.78 is 6.55. The molecule has 0 aliphatic rings. The van der Waals surface area contributed by atoms with Gasteiger partial charge in [-0.2, -0.15) is 10.4 Å². The van der Waals surface area contributed by atoms with Crippen LogP contribution in [0.2, 0.25) is 5.15 Å². The van der Waals surface area contributed by atoms with Crippen molar-refractivity contribution in [2.45, 2.75) is 26.5 Å². The molecule has 0 saturated heterocycles. The van der Waals surface area contributed by atoms with Crippen molar-refractivity contribution < 1.29 is 4.74 Å². The highest BCUT2D eigenvalue weighted by Crippen LogP contribution is 2.22. The van der Waals surface area contributed by atoms with E-state index >= 15 is 0 Å². The summed E-state index contributed by atoms with van der Waals surface area (Å²) in [5.41, 5.74) is 0.996. The van der Waals surface area contributed by atoms with E-state index in [1.807, 2.05) is 19.9 Å². The van der Waals surface area contributed by atoms with E-state index in [2.05, 4.69) is 5.10 Å². The first-order valence-electron chi connectivity index (χ1n) is 4.27. The van der Waals surface area contributed by atoms with Crippen LogP contribution < -0.4 is 0 Å². The topological polar surface area (TPSA) is 50.8 Å². The van der Waals surface area contributed by atoms with Crippen molar-refractivity contribution in [3.05, 3.63) is 16.4 Å². The Morgan fingerprint density at radius 1 is 1.64 bits per heavy atom. The third-order valence-electron chi connectivity index (χ3n) is 1.81. The minimum atomic E-state index is 0.139. The first-order chi connectivity index (χ1) is 6.61. The first-order valence-corrected chi connectivity index (χ1v) is 4.65. The molecule has 0 aliphatic carbocycles. The van der Waals surface area contributed by atoms with Crippen molar-refractivity contribution in [3.63, 3.8) is 0 Å². The molecule has 0 atom stereocenters. The largest absolute Gasteiger partial charge is 0.378 e. The molecule has 76 valence electrons. The Bertz CT molecular complexity index is 365. The predicted molar refractivity (Wildman–Crippen MR) is 53.1 cm³/mol. The van der Waals surface area contributed by atoms with Crippen LogP contribution in [0.25, 0.3) is 0 Å². The fourth-order valence-corrected chi connectivity index (χ4v) is 1.53. The second kappa shape index (κ2) is 4.45. The third kappa shape index (κ3) is 1.89. The van der Waals surface area contributed by atoms with E-state index in [1.165, 1.54) is 0 Å². The lowest BCUT2D eigenvalue weighted by Gasteiger charge is -2.05. The van der Waals surface area contributed by atoms with E-state index in [0.29, 0.717) is 23.0 Å². The Hall–Kier alpha value is -1.05. The molecule has 14 heavy (non-hydrogen) atoms. The van der Waals surface area contributed by atoms with Crippen LogP contribution in [-0.2, 0) is 11.3 Å². The fraction of sp³-hybridized carbons (Fsp3) is 0.556. The number of aromatic nitrogens is 2. The molecule has 0 aromatic carbocycles. The zero-order chi connectivity index (χ0) is 10.7. The van der Waals surface area contributed by atoms with Gasteiger partial charge in [0.2, 0.25) is 0 Å². The second-order valence-corrected chi connectivity index (χ2v) is 3.55. The van der Waals surface area contributed by atoms with Gasteiger partial charge in [-0.25, -0.2) is 4.68 Å². The minimum Gasteiger partial charge on any atom is -0.378 e. The van der Waals surface area contributed by atoms with E-state index < -0.39 is 0 Å². The maximum Gasteiger partial charge on any atom is 0.145 e. The van der Waals surface area contributed by atoms with Crippen LogP contribution in [0.15, 0.2) is 0 Å². The Labute approximate surface area is 88.0 Å². The van der Waals surface area contributed by atoms with Crippen molar-refractivity contribution in [1.82, 2.24) is 9.78 Å². The average molecular weight is 214 g/mol. The highest BCUT2D eigenvalue weighted by Gasteiger charge is 2.17. The van der Waals surface area contributed by atoms with Gasteiger partial charge in [0.15, 0.2) is 0 Å². The SMILES string of the molecule is COCc1nn(C(C)C)c(Cl)c1C#N. The summed E-state index contributed by atoms with van der Waals surface area (Å²) in [6, 6.07) is 2.17. The highest BCUT2D eigenvalue weighted by atomic mass is 35.5. The van der Waals surface area contributed by atoms with Gasteiger partial charge in [-0.1, -0.05) is 11.6 Å². The molecule has 0 fully saturated rings. The summed E-state index contributed by atoms with van der Waals surface area (Å²) in [6.45, 7) is 4.22. The molecule has 1 aromatic heterocycles. The number of ether oxygens (including phenoxy) is 1. The molecular weight excluding hydrogens is 202 g/mol. The average Bonchev–Trinajstić information content (AvgIpc) is 2.43. The molecule has 0 unspecified atom stereocenters. The summed E-state index contributed by atoms with van der Waals surface area (Å²) in [7, 11) is 1.56. The van der Waals surface area contributed by atoms with Gasteiger partial charge >= 0.3 is 0 Å². The molecular formula is C9H12ClN3O. The van der Waals surface area contributed by atoms with Crippen molar-refractivity contribution in [3.8, 4) is 6.07 Å². The molecule has 1 heterocycles. The molecule has 0 radical (unpaired) electrons.